The fourth-order valence-corrected chi connectivity index (χ4v) is 4.51. The molecule has 4 rings (SSSR count). The first-order valence-electron chi connectivity index (χ1n) is 12.2. The second-order valence-corrected chi connectivity index (χ2v) is 9.23. The number of rotatable bonds is 8. The summed E-state index contributed by atoms with van der Waals surface area (Å²) in [5, 5.41) is 5.57. The molecule has 1 aliphatic heterocycles. The van der Waals surface area contributed by atoms with Crippen LogP contribution in [0.2, 0.25) is 0 Å². The summed E-state index contributed by atoms with van der Waals surface area (Å²) in [4.78, 5) is 29.6. The SMILES string of the molecule is COc1ccc(CNC(=O)C(=O)NCC(c2ccc(N(C)C)cc2)N2CCc3ccccc3C2)cc1. The van der Waals surface area contributed by atoms with E-state index in [0.29, 0.717) is 6.54 Å². The molecule has 1 unspecified atom stereocenters. The van der Waals surface area contributed by atoms with E-state index >= 15 is 0 Å². The van der Waals surface area contributed by atoms with Crippen molar-refractivity contribution >= 4 is 17.5 Å². The molecule has 0 radical (unpaired) electrons. The predicted molar refractivity (Wildman–Crippen MR) is 142 cm³/mol. The first kappa shape index (κ1) is 25.3. The number of benzene rings is 3. The number of carbonyl (C=O) groups is 2. The Morgan fingerprint density at radius 3 is 2.25 bits per heavy atom. The largest absolute Gasteiger partial charge is 0.497 e. The number of ether oxygens (including phenoxy) is 1. The number of nitrogens with one attached hydrogen (secondary N) is 2. The van der Waals surface area contributed by atoms with E-state index in [4.69, 9.17) is 4.74 Å². The first-order valence-corrected chi connectivity index (χ1v) is 12.2. The Labute approximate surface area is 213 Å². The highest BCUT2D eigenvalue weighted by atomic mass is 16.5. The summed E-state index contributed by atoms with van der Waals surface area (Å²) >= 11 is 0. The van der Waals surface area contributed by atoms with Crippen molar-refractivity contribution in [2.75, 3.05) is 39.2 Å². The maximum absolute atomic E-state index is 12.7. The van der Waals surface area contributed by atoms with Crippen molar-refractivity contribution in [1.29, 1.82) is 0 Å². The molecule has 3 aromatic rings. The average molecular weight is 487 g/mol. The monoisotopic (exact) mass is 486 g/mol. The molecule has 0 saturated heterocycles. The Kier molecular flexibility index (Phi) is 8.23. The minimum atomic E-state index is -0.642. The summed E-state index contributed by atoms with van der Waals surface area (Å²) in [6.45, 7) is 2.30. The zero-order chi connectivity index (χ0) is 25.5. The highest BCUT2D eigenvalue weighted by molar-refractivity contribution is 6.35. The molecule has 3 aromatic carbocycles. The van der Waals surface area contributed by atoms with Crippen molar-refractivity contribution in [1.82, 2.24) is 15.5 Å². The summed E-state index contributed by atoms with van der Waals surface area (Å²) in [6.07, 6.45) is 0.957. The van der Waals surface area contributed by atoms with Crippen LogP contribution in [0, 0.1) is 0 Å². The van der Waals surface area contributed by atoms with Gasteiger partial charge in [-0.3, -0.25) is 14.5 Å². The lowest BCUT2D eigenvalue weighted by Crippen LogP contribution is -2.45. The molecule has 0 aliphatic carbocycles. The van der Waals surface area contributed by atoms with E-state index in [1.54, 1.807) is 7.11 Å². The Bertz CT molecular complexity index is 1180. The molecule has 1 heterocycles. The van der Waals surface area contributed by atoms with Gasteiger partial charge in [0.1, 0.15) is 5.75 Å². The molecule has 36 heavy (non-hydrogen) atoms. The number of fused-ring (bicyclic) bond motifs is 1. The van der Waals surface area contributed by atoms with Crippen LogP contribution in [-0.2, 0) is 29.1 Å². The highest BCUT2D eigenvalue weighted by Gasteiger charge is 2.26. The maximum atomic E-state index is 12.7. The van der Waals surface area contributed by atoms with Crippen molar-refractivity contribution < 1.29 is 14.3 Å². The van der Waals surface area contributed by atoms with Crippen molar-refractivity contribution in [3.63, 3.8) is 0 Å². The molecular formula is C29H34N4O3. The predicted octanol–water partition coefficient (Wildman–Crippen LogP) is 3.29. The third-order valence-electron chi connectivity index (χ3n) is 6.67. The van der Waals surface area contributed by atoms with Gasteiger partial charge in [0.25, 0.3) is 0 Å². The smallest absolute Gasteiger partial charge is 0.309 e. The van der Waals surface area contributed by atoms with Crippen molar-refractivity contribution in [3.05, 3.63) is 95.1 Å². The third-order valence-corrected chi connectivity index (χ3v) is 6.67. The molecular weight excluding hydrogens is 452 g/mol. The number of amides is 2. The second-order valence-electron chi connectivity index (χ2n) is 9.23. The number of hydrogen-bond donors (Lipinski definition) is 2. The lowest BCUT2D eigenvalue weighted by molar-refractivity contribution is -0.139. The van der Waals surface area contributed by atoms with Crippen LogP contribution >= 0.6 is 0 Å². The van der Waals surface area contributed by atoms with Crippen molar-refractivity contribution in [2.45, 2.75) is 25.6 Å². The van der Waals surface area contributed by atoms with E-state index in [1.807, 2.05) is 38.4 Å². The quantitative estimate of drug-likeness (QED) is 0.478. The number of anilines is 1. The Morgan fingerprint density at radius 1 is 0.917 bits per heavy atom. The third kappa shape index (κ3) is 6.23. The maximum Gasteiger partial charge on any atom is 0.309 e. The van der Waals surface area contributed by atoms with Gasteiger partial charge in [-0.1, -0.05) is 48.5 Å². The molecule has 1 atom stereocenters. The van der Waals surface area contributed by atoms with Gasteiger partial charge in [0.05, 0.1) is 13.2 Å². The van der Waals surface area contributed by atoms with Gasteiger partial charge in [0, 0.05) is 46.0 Å². The molecule has 0 spiro atoms. The van der Waals surface area contributed by atoms with E-state index in [1.165, 1.54) is 11.1 Å². The van der Waals surface area contributed by atoms with Gasteiger partial charge in [0.2, 0.25) is 0 Å². The highest BCUT2D eigenvalue weighted by Crippen LogP contribution is 2.28. The fourth-order valence-electron chi connectivity index (χ4n) is 4.51. The topological polar surface area (TPSA) is 73.9 Å². The van der Waals surface area contributed by atoms with Crippen LogP contribution in [0.3, 0.4) is 0 Å². The number of hydrogen-bond acceptors (Lipinski definition) is 5. The fraction of sp³-hybridized carbons (Fsp3) is 0.310. The lowest BCUT2D eigenvalue weighted by atomic mass is 9.96. The molecule has 2 amide bonds. The number of nitrogens with zero attached hydrogens (tertiary/aromatic N) is 2. The van der Waals surface area contributed by atoms with Gasteiger partial charge in [-0.15, -0.1) is 0 Å². The molecule has 7 nitrogen and oxygen atoms in total. The van der Waals surface area contributed by atoms with Crippen molar-refractivity contribution in [3.8, 4) is 5.75 Å². The summed E-state index contributed by atoms with van der Waals surface area (Å²) in [6, 6.07) is 24.2. The summed E-state index contributed by atoms with van der Waals surface area (Å²) in [5.41, 5.74) is 5.80. The average Bonchev–Trinajstić information content (AvgIpc) is 2.92. The normalized spacial score (nSPS) is 13.9. The van der Waals surface area contributed by atoms with Crippen LogP contribution in [0.4, 0.5) is 5.69 Å². The van der Waals surface area contributed by atoms with Crippen LogP contribution in [-0.4, -0.2) is 51.0 Å². The molecule has 1 aliphatic rings. The number of carbonyl (C=O) groups excluding carboxylic acids is 2. The molecule has 0 bridgehead atoms. The Hall–Kier alpha value is -3.84. The first-order chi connectivity index (χ1) is 17.4. The van der Waals surface area contributed by atoms with Gasteiger partial charge in [-0.05, 0) is 52.9 Å². The summed E-state index contributed by atoms with van der Waals surface area (Å²) < 4.78 is 5.15. The molecule has 0 saturated carbocycles. The number of methoxy groups -OCH3 is 1. The minimum Gasteiger partial charge on any atom is -0.497 e. The van der Waals surface area contributed by atoms with Gasteiger partial charge < -0.3 is 20.3 Å². The Balaban J connectivity index is 1.42. The standard InChI is InChI=1S/C29H34N4O3/c1-32(2)25-12-10-23(11-13-25)27(33-17-16-22-6-4-5-7-24(22)20-33)19-31-29(35)28(34)30-18-21-8-14-26(36-3)15-9-21/h4-15,27H,16-20H2,1-3H3,(H,30,34)(H,31,35). The van der Waals surface area contributed by atoms with E-state index in [9.17, 15) is 9.59 Å². The lowest BCUT2D eigenvalue weighted by Gasteiger charge is -2.36. The zero-order valence-electron chi connectivity index (χ0n) is 21.2. The second kappa shape index (κ2) is 11.7. The van der Waals surface area contributed by atoms with E-state index in [-0.39, 0.29) is 12.6 Å². The van der Waals surface area contributed by atoms with E-state index in [0.717, 1.165) is 42.1 Å². The van der Waals surface area contributed by atoms with Crippen LogP contribution in [0.5, 0.6) is 5.75 Å². The van der Waals surface area contributed by atoms with Crippen LogP contribution in [0.1, 0.15) is 28.3 Å². The van der Waals surface area contributed by atoms with Crippen molar-refractivity contribution in [2.24, 2.45) is 0 Å². The van der Waals surface area contributed by atoms with E-state index in [2.05, 4.69) is 69.0 Å². The minimum absolute atomic E-state index is 0.0482. The van der Waals surface area contributed by atoms with Gasteiger partial charge >= 0.3 is 11.8 Å². The van der Waals surface area contributed by atoms with E-state index < -0.39 is 11.8 Å². The molecule has 0 aromatic heterocycles. The molecule has 188 valence electrons. The molecule has 2 N–H and O–H groups in total. The molecule has 7 heteroatoms. The van der Waals surface area contributed by atoms with Crippen LogP contribution in [0.25, 0.3) is 0 Å². The Morgan fingerprint density at radius 2 is 1.58 bits per heavy atom. The van der Waals surface area contributed by atoms with Crippen LogP contribution in [0.15, 0.2) is 72.8 Å². The summed E-state index contributed by atoms with van der Waals surface area (Å²) in [5.74, 6) is -0.528. The van der Waals surface area contributed by atoms with Gasteiger partial charge in [-0.25, -0.2) is 0 Å². The summed E-state index contributed by atoms with van der Waals surface area (Å²) in [7, 11) is 5.63. The van der Waals surface area contributed by atoms with Gasteiger partial charge in [0.15, 0.2) is 0 Å². The van der Waals surface area contributed by atoms with Crippen LogP contribution < -0.4 is 20.3 Å². The van der Waals surface area contributed by atoms with Gasteiger partial charge in [-0.2, -0.15) is 0 Å². The molecule has 0 fully saturated rings. The zero-order valence-corrected chi connectivity index (χ0v) is 21.2.